The maximum Gasteiger partial charge on any atom is 0.328 e. The van der Waals surface area contributed by atoms with Crippen molar-refractivity contribution < 1.29 is 19.0 Å². The highest BCUT2D eigenvalue weighted by molar-refractivity contribution is 5.85. The molecule has 1 aromatic carbocycles. The molecule has 0 aliphatic rings. The predicted molar refractivity (Wildman–Crippen MR) is 67.6 cm³/mol. The van der Waals surface area contributed by atoms with E-state index in [1.807, 2.05) is 13.8 Å². The Morgan fingerprint density at radius 3 is 2.89 bits per heavy atom. The summed E-state index contributed by atoms with van der Waals surface area (Å²) in [6, 6.07) is 4.25. The fourth-order valence-corrected chi connectivity index (χ4v) is 1.36. The number of rotatable bonds is 6. The Morgan fingerprint density at radius 2 is 2.28 bits per heavy atom. The maximum absolute atomic E-state index is 13.1. The fourth-order valence-electron chi connectivity index (χ4n) is 1.36. The standard InChI is InChI=1S/C14H17FO3/c1-3-10(2)18-9-12-4-6-13(15)8-11(12)5-7-14(16)17/h4-8,10H,3,9H2,1-2H3,(H,16,17)/b7-5+. The molecule has 1 aromatic rings. The number of carbonyl (C=O) groups is 1. The van der Waals surface area contributed by atoms with Crippen LogP contribution in [0, 0.1) is 5.82 Å². The molecule has 0 fully saturated rings. The van der Waals surface area contributed by atoms with E-state index in [0.717, 1.165) is 18.1 Å². The minimum Gasteiger partial charge on any atom is -0.478 e. The van der Waals surface area contributed by atoms with Gasteiger partial charge in [-0.3, -0.25) is 0 Å². The lowest BCUT2D eigenvalue weighted by Gasteiger charge is -2.12. The monoisotopic (exact) mass is 252 g/mol. The van der Waals surface area contributed by atoms with Gasteiger partial charge in [0.15, 0.2) is 0 Å². The summed E-state index contributed by atoms with van der Waals surface area (Å²) in [4.78, 5) is 10.5. The molecule has 98 valence electrons. The minimum absolute atomic E-state index is 0.117. The quantitative estimate of drug-likeness (QED) is 0.790. The lowest BCUT2D eigenvalue weighted by atomic mass is 10.1. The van der Waals surface area contributed by atoms with Crippen molar-refractivity contribution in [3.63, 3.8) is 0 Å². The first kappa shape index (κ1) is 14.4. The van der Waals surface area contributed by atoms with Gasteiger partial charge in [0.25, 0.3) is 0 Å². The van der Waals surface area contributed by atoms with Crippen LogP contribution in [-0.2, 0) is 16.1 Å². The fraction of sp³-hybridized carbons (Fsp3) is 0.357. The molecule has 0 radical (unpaired) electrons. The SMILES string of the molecule is CCC(C)OCc1ccc(F)cc1/C=C/C(=O)O. The normalized spacial score (nSPS) is 12.8. The molecule has 0 aliphatic carbocycles. The average Bonchev–Trinajstić information content (AvgIpc) is 2.34. The van der Waals surface area contributed by atoms with E-state index >= 15 is 0 Å². The van der Waals surface area contributed by atoms with Crippen molar-refractivity contribution in [1.29, 1.82) is 0 Å². The van der Waals surface area contributed by atoms with E-state index in [1.165, 1.54) is 18.2 Å². The summed E-state index contributed by atoms with van der Waals surface area (Å²) in [5.74, 6) is -1.46. The van der Waals surface area contributed by atoms with Gasteiger partial charge in [-0.25, -0.2) is 9.18 Å². The number of hydrogen-bond donors (Lipinski definition) is 1. The smallest absolute Gasteiger partial charge is 0.328 e. The van der Waals surface area contributed by atoms with Gasteiger partial charge in [-0.1, -0.05) is 13.0 Å². The van der Waals surface area contributed by atoms with E-state index in [-0.39, 0.29) is 6.10 Å². The summed E-state index contributed by atoms with van der Waals surface area (Å²) in [6.07, 6.45) is 3.37. The highest BCUT2D eigenvalue weighted by Crippen LogP contribution is 2.15. The summed E-state index contributed by atoms with van der Waals surface area (Å²) >= 11 is 0. The Labute approximate surface area is 106 Å². The highest BCUT2D eigenvalue weighted by atomic mass is 19.1. The first-order chi connectivity index (χ1) is 8.52. The van der Waals surface area contributed by atoms with Crippen LogP contribution >= 0.6 is 0 Å². The molecule has 1 rings (SSSR count). The summed E-state index contributed by atoms with van der Waals surface area (Å²) in [7, 11) is 0. The summed E-state index contributed by atoms with van der Waals surface area (Å²) in [6.45, 7) is 4.31. The van der Waals surface area contributed by atoms with Gasteiger partial charge in [-0.05, 0) is 42.7 Å². The Hall–Kier alpha value is -1.68. The lowest BCUT2D eigenvalue weighted by Crippen LogP contribution is -2.07. The Morgan fingerprint density at radius 1 is 1.56 bits per heavy atom. The van der Waals surface area contributed by atoms with Gasteiger partial charge in [-0.2, -0.15) is 0 Å². The van der Waals surface area contributed by atoms with Crippen LogP contribution in [0.3, 0.4) is 0 Å². The second-order valence-electron chi connectivity index (χ2n) is 4.04. The van der Waals surface area contributed by atoms with Crippen LogP contribution in [0.1, 0.15) is 31.4 Å². The molecule has 3 nitrogen and oxygen atoms in total. The van der Waals surface area contributed by atoms with Crippen LogP contribution in [0.2, 0.25) is 0 Å². The van der Waals surface area contributed by atoms with Crippen molar-refractivity contribution >= 4 is 12.0 Å². The van der Waals surface area contributed by atoms with Crippen molar-refractivity contribution in [3.8, 4) is 0 Å². The molecule has 0 saturated carbocycles. The molecule has 0 spiro atoms. The van der Waals surface area contributed by atoms with Crippen molar-refractivity contribution in [3.05, 3.63) is 41.2 Å². The zero-order chi connectivity index (χ0) is 13.5. The lowest BCUT2D eigenvalue weighted by molar-refractivity contribution is -0.131. The first-order valence-electron chi connectivity index (χ1n) is 5.84. The summed E-state index contributed by atoms with van der Waals surface area (Å²) in [5, 5.41) is 8.58. The van der Waals surface area contributed by atoms with Gasteiger partial charge >= 0.3 is 5.97 Å². The van der Waals surface area contributed by atoms with Crippen molar-refractivity contribution in [2.75, 3.05) is 0 Å². The van der Waals surface area contributed by atoms with Crippen LogP contribution in [0.4, 0.5) is 4.39 Å². The van der Waals surface area contributed by atoms with E-state index < -0.39 is 11.8 Å². The first-order valence-corrected chi connectivity index (χ1v) is 5.84. The van der Waals surface area contributed by atoms with E-state index in [2.05, 4.69) is 0 Å². The van der Waals surface area contributed by atoms with Crippen LogP contribution in [0.25, 0.3) is 6.08 Å². The van der Waals surface area contributed by atoms with Crippen molar-refractivity contribution in [2.45, 2.75) is 33.0 Å². The number of halogens is 1. The molecule has 0 saturated heterocycles. The number of carboxylic acid groups (broad SMARTS) is 1. The molecule has 0 aromatic heterocycles. The average molecular weight is 252 g/mol. The number of ether oxygens (including phenoxy) is 1. The van der Waals surface area contributed by atoms with Gasteiger partial charge in [-0.15, -0.1) is 0 Å². The van der Waals surface area contributed by atoms with E-state index in [0.29, 0.717) is 12.2 Å². The number of hydrogen-bond acceptors (Lipinski definition) is 2. The second kappa shape index (κ2) is 6.91. The largest absolute Gasteiger partial charge is 0.478 e. The van der Waals surface area contributed by atoms with Crippen LogP contribution < -0.4 is 0 Å². The second-order valence-corrected chi connectivity index (χ2v) is 4.04. The van der Waals surface area contributed by atoms with Crippen LogP contribution in [-0.4, -0.2) is 17.2 Å². The van der Waals surface area contributed by atoms with Gasteiger partial charge in [0.1, 0.15) is 5.82 Å². The molecule has 1 atom stereocenters. The topological polar surface area (TPSA) is 46.5 Å². The van der Waals surface area contributed by atoms with E-state index in [9.17, 15) is 9.18 Å². The molecule has 0 amide bonds. The Balaban J connectivity index is 2.86. The molecule has 18 heavy (non-hydrogen) atoms. The van der Waals surface area contributed by atoms with Gasteiger partial charge in [0, 0.05) is 6.08 Å². The number of aliphatic carboxylic acids is 1. The number of benzene rings is 1. The maximum atomic E-state index is 13.1. The molecule has 0 bridgehead atoms. The Kier molecular flexibility index (Phi) is 5.52. The molecule has 1 N–H and O–H groups in total. The number of carboxylic acids is 1. The van der Waals surface area contributed by atoms with E-state index in [4.69, 9.17) is 9.84 Å². The van der Waals surface area contributed by atoms with Crippen LogP contribution in [0.5, 0.6) is 0 Å². The summed E-state index contributed by atoms with van der Waals surface area (Å²) in [5.41, 5.74) is 1.30. The van der Waals surface area contributed by atoms with Crippen molar-refractivity contribution in [1.82, 2.24) is 0 Å². The highest BCUT2D eigenvalue weighted by Gasteiger charge is 2.05. The zero-order valence-electron chi connectivity index (χ0n) is 10.5. The predicted octanol–water partition coefficient (Wildman–Crippen LogP) is 3.24. The minimum atomic E-state index is -1.06. The molecule has 1 unspecified atom stereocenters. The molecular weight excluding hydrogens is 235 g/mol. The third-order valence-corrected chi connectivity index (χ3v) is 2.61. The molecule has 0 heterocycles. The van der Waals surface area contributed by atoms with Crippen molar-refractivity contribution in [2.24, 2.45) is 0 Å². The summed E-state index contributed by atoms with van der Waals surface area (Å²) < 4.78 is 18.7. The van der Waals surface area contributed by atoms with E-state index in [1.54, 1.807) is 6.07 Å². The Bertz CT molecular complexity index is 441. The van der Waals surface area contributed by atoms with Gasteiger partial charge < -0.3 is 9.84 Å². The zero-order valence-corrected chi connectivity index (χ0v) is 10.5. The third kappa shape index (κ3) is 4.67. The molecule has 4 heteroatoms. The van der Waals surface area contributed by atoms with Gasteiger partial charge in [0.2, 0.25) is 0 Å². The van der Waals surface area contributed by atoms with Gasteiger partial charge in [0.05, 0.1) is 12.7 Å². The van der Waals surface area contributed by atoms with Crippen LogP contribution in [0.15, 0.2) is 24.3 Å². The molecular formula is C14H17FO3. The third-order valence-electron chi connectivity index (χ3n) is 2.61. The molecule has 0 aliphatic heterocycles.